The number of aryl methyl sites for hydroxylation is 3. The third-order valence-electron chi connectivity index (χ3n) is 7.07. The van der Waals surface area contributed by atoms with E-state index in [0.29, 0.717) is 38.5 Å². The number of hydrogen-bond donors (Lipinski definition) is 1. The molecule has 2 heterocycles. The highest BCUT2D eigenvalue weighted by molar-refractivity contribution is 5.77. The van der Waals surface area contributed by atoms with Gasteiger partial charge in [-0.2, -0.15) is 0 Å². The van der Waals surface area contributed by atoms with Crippen molar-refractivity contribution < 1.29 is 24.1 Å². The first-order chi connectivity index (χ1) is 19.4. The van der Waals surface area contributed by atoms with Crippen molar-refractivity contribution in [2.24, 2.45) is 0 Å². The Balaban J connectivity index is 1.37. The number of carbonyl (C=O) groups is 1. The van der Waals surface area contributed by atoms with Crippen LogP contribution in [0.3, 0.4) is 0 Å². The standard InChI is InChI=1S/C31H42N4O5/c1-4-29-32-13-15-34(29)14-6-18-39-28-8-5-7-26(19-28)20-33-16-17-35(30(36)21-38-3)23-31(37,22-33)24-40-27-11-9-25(2)10-12-27/h5,7-13,15,19,37H,4,6,14,16-18,20-24H2,1-3H3/t31-/m0/s1. The van der Waals surface area contributed by atoms with Crippen LogP contribution < -0.4 is 9.47 Å². The van der Waals surface area contributed by atoms with Gasteiger partial charge in [-0.15, -0.1) is 0 Å². The summed E-state index contributed by atoms with van der Waals surface area (Å²) < 4.78 is 19.3. The molecule has 1 atom stereocenters. The van der Waals surface area contributed by atoms with Crippen molar-refractivity contribution >= 4 is 5.91 Å². The molecular formula is C31H42N4O5. The lowest BCUT2D eigenvalue weighted by molar-refractivity contribution is -0.138. The van der Waals surface area contributed by atoms with E-state index >= 15 is 0 Å². The molecule has 1 saturated heterocycles. The first-order valence-electron chi connectivity index (χ1n) is 14.0. The van der Waals surface area contributed by atoms with Gasteiger partial charge in [0.05, 0.1) is 13.2 Å². The van der Waals surface area contributed by atoms with Crippen molar-refractivity contribution in [3.63, 3.8) is 0 Å². The van der Waals surface area contributed by atoms with Crippen molar-refractivity contribution in [1.29, 1.82) is 0 Å². The SMILES string of the molecule is CCc1nccn1CCCOc1cccc(CN2CCN(C(=O)COC)C[C@](O)(COc3ccc(C)cc3)C2)c1. The molecule has 9 nitrogen and oxygen atoms in total. The van der Waals surface area contributed by atoms with Gasteiger partial charge >= 0.3 is 0 Å². The van der Waals surface area contributed by atoms with Gasteiger partial charge in [0.15, 0.2) is 0 Å². The molecule has 0 unspecified atom stereocenters. The topological polar surface area (TPSA) is 89.3 Å². The first-order valence-corrected chi connectivity index (χ1v) is 14.0. The lowest BCUT2D eigenvalue weighted by Gasteiger charge is -2.33. The number of β-amino-alcohol motifs (C(OH)–C–C–N with tert-alkyl or cyclic N) is 1. The van der Waals surface area contributed by atoms with E-state index in [0.717, 1.165) is 42.1 Å². The first kappa shape index (κ1) is 29.6. The molecule has 2 aromatic carbocycles. The minimum absolute atomic E-state index is 0.0190. The van der Waals surface area contributed by atoms with Gasteiger partial charge in [-0.3, -0.25) is 9.69 Å². The molecule has 1 fully saturated rings. The van der Waals surface area contributed by atoms with Gasteiger partial charge in [0, 0.05) is 58.6 Å². The number of methoxy groups -OCH3 is 1. The highest BCUT2D eigenvalue weighted by atomic mass is 16.5. The van der Waals surface area contributed by atoms with Gasteiger partial charge in [-0.1, -0.05) is 36.8 Å². The molecule has 0 spiro atoms. The van der Waals surface area contributed by atoms with Crippen molar-refractivity contribution in [2.45, 2.75) is 45.4 Å². The second-order valence-electron chi connectivity index (χ2n) is 10.5. The second-order valence-corrected chi connectivity index (χ2v) is 10.5. The summed E-state index contributed by atoms with van der Waals surface area (Å²) in [6.45, 7) is 7.95. The summed E-state index contributed by atoms with van der Waals surface area (Å²) >= 11 is 0. The summed E-state index contributed by atoms with van der Waals surface area (Å²) in [5, 5.41) is 11.7. The van der Waals surface area contributed by atoms with E-state index in [1.807, 2.05) is 55.7 Å². The quantitative estimate of drug-likeness (QED) is 0.327. The lowest BCUT2D eigenvalue weighted by Crippen LogP contribution is -2.52. The summed E-state index contributed by atoms with van der Waals surface area (Å²) in [4.78, 5) is 20.9. The molecule has 40 heavy (non-hydrogen) atoms. The third kappa shape index (κ3) is 8.55. The molecule has 0 bridgehead atoms. The monoisotopic (exact) mass is 550 g/mol. The van der Waals surface area contributed by atoms with E-state index in [4.69, 9.17) is 14.2 Å². The van der Waals surface area contributed by atoms with E-state index < -0.39 is 5.60 Å². The zero-order chi connectivity index (χ0) is 28.4. The minimum Gasteiger partial charge on any atom is -0.494 e. The van der Waals surface area contributed by atoms with Crippen LogP contribution in [0.2, 0.25) is 0 Å². The largest absolute Gasteiger partial charge is 0.494 e. The molecule has 0 radical (unpaired) electrons. The zero-order valence-electron chi connectivity index (χ0n) is 23.9. The molecule has 1 aromatic heterocycles. The van der Waals surface area contributed by atoms with Crippen LogP contribution in [0, 0.1) is 6.92 Å². The highest BCUT2D eigenvalue weighted by Crippen LogP contribution is 2.22. The van der Waals surface area contributed by atoms with E-state index in [2.05, 4.69) is 33.5 Å². The fraction of sp³-hybridized carbons (Fsp3) is 0.484. The van der Waals surface area contributed by atoms with Gasteiger partial charge in [-0.05, 0) is 43.2 Å². The van der Waals surface area contributed by atoms with Crippen LogP contribution in [-0.4, -0.2) is 89.1 Å². The Bertz CT molecular complexity index is 1210. The predicted molar refractivity (Wildman–Crippen MR) is 154 cm³/mol. The van der Waals surface area contributed by atoms with E-state index in [-0.39, 0.29) is 25.7 Å². The highest BCUT2D eigenvalue weighted by Gasteiger charge is 2.37. The molecule has 1 amide bonds. The van der Waals surface area contributed by atoms with E-state index in [9.17, 15) is 9.90 Å². The smallest absolute Gasteiger partial charge is 0.248 e. The maximum absolute atomic E-state index is 12.7. The normalized spacial score (nSPS) is 17.9. The van der Waals surface area contributed by atoms with Crippen molar-refractivity contribution in [2.75, 3.05) is 53.1 Å². The van der Waals surface area contributed by atoms with Crippen LogP contribution >= 0.6 is 0 Å². The number of amides is 1. The third-order valence-corrected chi connectivity index (χ3v) is 7.07. The van der Waals surface area contributed by atoms with E-state index in [1.165, 1.54) is 7.11 Å². The number of benzene rings is 2. The number of nitrogens with zero attached hydrogens (tertiary/aromatic N) is 4. The average molecular weight is 551 g/mol. The van der Waals surface area contributed by atoms with Crippen LogP contribution in [0.1, 0.15) is 30.3 Å². The molecule has 216 valence electrons. The summed E-state index contributed by atoms with van der Waals surface area (Å²) in [5.41, 5.74) is 0.973. The molecular weight excluding hydrogens is 508 g/mol. The molecule has 3 aromatic rings. The van der Waals surface area contributed by atoms with Gasteiger partial charge in [0.25, 0.3) is 0 Å². The Kier molecular flexibility index (Phi) is 10.6. The summed E-state index contributed by atoms with van der Waals surface area (Å²) in [7, 11) is 1.50. The Morgan fingerprint density at radius 3 is 2.67 bits per heavy atom. The Labute approximate surface area is 237 Å². The molecule has 1 aliphatic heterocycles. The van der Waals surface area contributed by atoms with Crippen LogP contribution in [-0.2, 0) is 29.0 Å². The average Bonchev–Trinajstić information content (AvgIpc) is 3.34. The van der Waals surface area contributed by atoms with Crippen LogP contribution in [0.25, 0.3) is 0 Å². The van der Waals surface area contributed by atoms with Crippen molar-refractivity contribution in [3.8, 4) is 11.5 Å². The van der Waals surface area contributed by atoms with Gasteiger partial charge in [0.2, 0.25) is 5.91 Å². The van der Waals surface area contributed by atoms with Gasteiger partial charge in [0.1, 0.15) is 36.1 Å². The predicted octanol–water partition coefficient (Wildman–Crippen LogP) is 3.32. The Morgan fingerprint density at radius 1 is 1.07 bits per heavy atom. The number of hydrogen-bond acceptors (Lipinski definition) is 7. The van der Waals surface area contributed by atoms with Gasteiger partial charge in [-0.25, -0.2) is 4.98 Å². The van der Waals surface area contributed by atoms with Crippen LogP contribution in [0.15, 0.2) is 60.9 Å². The van der Waals surface area contributed by atoms with E-state index in [1.54, 1.807) is 4.90 Å². The molecule has 1 N–H and O–H groups in total. The molecule has 4 rings (SSSR count). The summed E-state index contributed by atoms with van der Waals surface area (Å²) in [5.74, 6) is 2.46. The van der Waals surface area contributed by atoms with Gasteiger partial charge < -0.3 is 28.8 Å². The van der Waals surface area contributed by atoms with Crippen molar-refractivity contribution in [1.82, 2.24) is 19.4 Å². The fourth-order valence-corrected chi connectivity index (χ4v) is 5.02. The lowest BCUT2D eigenvalue weighted by atomic mass is 10.0. The number of imidazole rings is 1. The maximum Gasteiger partial charge on any atom is 0.248 e. The summed E-state index contributed by atoms with van der Waals surface area (Å²) in [6.07, 6.45) is 5.66. The fourth-order valence-electron chi connectivity index (χ4n) is 5.02. The molecule has 9 heteroatoms. The number of carbonyl (C=O) groups excluding carboxylic acids is 1. The Morgan fingerprint density at radius 2 is 1.90 bits per heavy atom. The Hall–Kier alpha value is -3.40. The molecule has 0 aliphatic carbocycles. The number of ether oxygens (including phenoxy) is 3. The second kappa shape index (κ2) is 14.3. The number of rotatable bonds is 13. The molecule has 1 aliphatic rings. The van der Waals surface area contributed by atoms with Crippen LogP contribution in [0.4, 0.5) is 0 Å². The zero-order valence-corrected chi connectivity index (χ0v) is 23.9. The van der Waals surface area contributed by atoms with Crippen molar-refractivity contribution in [3.05, 3.63) is 77.9 Å². The van der Waals surface area contributed by atoms with Crippen LogP contribution in [0.5, 0.6) is 11.5 Å². The summed E-state index contributed by atoms with van der Waals surface area (Å²) in [6, 6.07) is 15.8. The molecule has 0 saturated carbocycles. The maximum atomic E-state index is 12.7. The number of aromatic nitrogens is 2. The number of aliphatic hydroxyl groups is 1. The minimum atomic E-state index is -1.25.